The first-order valence-electron chi connectivity index (χ1n) is 11.6. The van der Waals surface area contributed by atoms with Crippen molar-refractivity contribution in [1.29, 1.82) is 0 Å². The van der Waals surface area contributed by atoms with Gasteiger partial charge in [-0.2, -0.15) is 0 Å². The van der Waals surface area contributed by atoms with Gasteiger partial charge < -0.3 is 14.9 Å². The Morgan fingerprint density at radius 1 is 1.25 bits per heavy atom. The maximum Gasteiger partial charge on any atom is 0.433 e. The van der Waals surface area contributed by atoms with E-state index in [1.807, 2.05) is 18.2 Å². The Kier molecular flexibility index (Phi) is 6.55. The van der Waals surface area contributed by atoms with Crippen molar-refractivity contribution in [3.63, 3.8) is 0 Å². The quantitative estimate of drug-likeness (QED) is 0.233. The molecule has 0 amide bonds. The number of imidazole rings is 1. The van der Waals surface area contributed by atoms with Crippen molar-refractivity contribution in [2.24, 2.45) is 0 Å². The number of fused-ring (bicyclic) bond motifs is 2. The van der Waals surface area contributed by atoms with E-state index in [0.717, 1.165) is 0 Å². The van der Waals surface area contributed by atoms with Crippen molar-refractivity contribution >= 4 is 54.7 Å². The molecule has 0 radical (unpaired) electrons. The van der Waals surface area contributed by atoms with Gasteiger partial charge in [0.2, 0.25) is 0 Å². The Bertz CT molecular complexity index is 1320. The number of hydrogen-bond acceptors (Lipinski definition) is 9. The van der Waals surface area contributed by atoms with Gasteiger partial charge in [-0.1, -0.05) is 39.0 Å². The molecule has 2 aliphatic rings. The molecule has 4 heterocycles. The van der Waals surface area contributed by atoms with Gasteiger partial charge in [-0.15, -0.1) is 0 Å². The van der Waals surface area contributed by atoms with Gasteiger partial charge in [0.05, 0.1) is 6.61 Å². The van der Waals surface area contributed by atoms with Crippen molar-refractivity contribution in [2.45, 2.75) is 63.4 Å². The molecule has 0 unspecified atom stereocenters. The first-order valence-corrected chi connectivity index (χ1v) is 16.9. The maximum atomic E-state index is 13.6. The van der Waals surface area contributed by atoms with E-state index in [0.29, 0.717) is 21.6 Å². The Labute approximate surface area is 218 Å². The zero-order chi connectivity index (χ0) is 25.9. The molecule has 2 aromatic heterocycles. The number of nitrogens with zero attached hydrogens (tertiary/aromatic N) is 4. The number of nitrogens with two attached hydrogens (primary N) is 1. The molecule has 5 atom stereocenters. The van der Waals surface area contributed by atoms with Gasteiger partial charge in [-0.25, -0.2) is 19.5 Å². The lowest BCUT2D eigenvalue weighted by Gasteiger charge is -2.41. The first-order chi connectivity index (χ1) is 16.9. The van der Waals surface area contributed by atoms with Crippen LogP contribution in [0.5, 0.6) is 0 Å². The summed E-state index contributed by atoms with van der Waals surface area (Å²) in [6.07, 6.45) is -1.10. The summed E-state index contributed by atoms with van der Waals surface area (Å²) in [5, 5.41) is 2.84. The highest BCUT2D eigenvalue weighted by molar-refractivity contribution is 9.10. The fourth-order valence-electron chi connectivity index (χ4n) is 4.04. The van der Waals surface area contributed by atoms with E-state index in [1.165, 1.54) is 6.33 Å². The summed E-state index contributed by atoms with van der Waals surface area (Å²) in [4.78, 5) is 13.0. The normalized spacial score (nSPS) is 28.8. The molecule has 2 fully saturated rings. The highest BCUT2D eigenvalue weighted by Gasteiger charge is 2.57. The lowest BCUT2D eigenvalue weighted by molar-refractivity contribution is -0.0582. The smallest absolute Gasteiger partial charge is 0.407 e. The Balaban J connectivity index is 1.54. The molecule has 3 aromatic rings. The number of para-hydroxylation sites is 1. The predicted octanol–water partition coefficient (Wildman–Crippen LogP) is 5.09. The van der Waals surface area contributed by atoms with E-state index >= 15 is 0 Å². The predicted molar refractivity (Wildman–Crippen MR) is 142 cm³/mol. The van der Waals surface area contributed by atoms with Crippen LogP contribution in [0.2, 0.25) is 18.1 Å². The molecule has 194 valence electrons. The molecule has 0 spiro atoms. The SMILES string of the molecule is CC(C)(C)[Si](C)(C)O[C@@H]1[C@@H]2O[P@](=O)(Nc3ccccc3)OC[C@H]2O[C@H]1n1c(Br)nc2c(N)ncnc21. The molecular weight excluding hydrogens is 567 g/mol. The third-order valence-electron chi connectivity index (χ3n) is 6.95. The number of anilines is 2. The van der Waals surface area contributed by atoms with Crippen molar-refractivity contribution in [3.8, 4) is 0 Å². The molecule has 2 aliphatic heterocycles. The molecule has 0 aliphatic carbocycles. The van der Waals surface area contributed by atoms with Crippen LogP contribution >= 0.6 is 23.7 Å². The first kappa shape index (κ1) is 25.8. The number of nitrogens with one attached hydrogen (secondary N) is 1. The average molecular weight is 597 g/mol. The van der Waals surface area contributed by atoms with E-state index < -0.39 is 40.6 Å². The van der Waals surface area contributed by atoms with Crippen LogP contribution in [0.25, 0.3) is 11.2 Å². The van der Waals surface area contributed by atoms with Gasteiger partial charge in [0.1, 0.15) is 24.6 Å². The standard InChI is InChI=1S/C22H30BrN6O5PSi/c1-22(2,3)36(4,5)34-17-16-14(11-31-35(30,33-16)28-13-9-7-6-8-10-13)32-20(17)29-19-15(27-21(29)23)18(24)25-12-26-19/h6-10,12,14,16-17,20H,11H2,1-5H3,(H,28,30)(H2,24,25,26)/t14-,16-,17-,20-,35+/m1/s1. The summed E-state index contributed by atoms with van der Waals surface area (Å²) in [5.74, 6) is 0.257. The van der Waals surface area contributed by atoms with Crippen LogP contribution in [0, 0.1) is 0 Å². The molecule has 3 N–H and O–H groups in total. The zero-order valence-electron chi connectivity index (χ0n) is 20.7. The number of rotatable bonds is 5. The summed E-state index contributed by atoms with van der Waals surface area (Å²) in [5.41, 5.74) is 7.63. The Morgan fingerprint density at radius 2 is 1.97 bits per heavy atom. The van der Waals surface area contributed by atoms with E-state index in [4.69, 9.17) is 23.9 Å². The average Bonchev–Trinajstić information content (AvgIpc) is 3.30. The Morgan fingerprint density at radius 3 is 2.67 bits per heavy atom. The van der Waals surface area contributed by atoms with Crippen LogP contribution in [0.1, 0.15) is 27.0 Å². The fraction of sp³-hybridized carbons (Fsp3) is 0.500. The van der Waals surface area contributed by atoms with Gasteiger partial charge in [0.15, 0.2) is 36.3 Å². The summed E-state index contributed by atoms with van der Waals surface area (Å²) in [6, 6.07) is 9.16. The second-order valence-electron chi connectivity index (χ2n) is 10.4. The monoisotopic (exact) mass is 596 g/mol. The van der Waals surface area contributed by atoms with Gasteiger partial charge in [0.25, 0.3) is 0 Å². The second-order valence-corrected chi connectivity index (χ2v) is 17.6. The van der Waals surface area contributed by atoms with Crippen molar-refractivity contribution < 1.29 is 22.8 Å². The third kappa shape index (κ3) is 4.62. The molecule has 0 saturated carbocycles. The summed E-state index contributed by atoms with van der Waals surface area (Å²) in [7, 11) is -6.03. The zero-order valence-corrected chi connectivity index (χ0v) is 24.2. The lowest BCUT2D eigenvalue weighted by Crippen LogP contribution is -2.50. The molecule has 0 bridgehead atoms. The van der Waals surface area contributed by atoms with Gasteiger partial charge in [0, 0.05) is 5.69 Å². The van der Waals surface area contributed by atoms with Gasteiger partial charge in [-0.3, -0.25) is 18.7 Å². The highest BCUT2D eigenvalue weighted by atomic mass is 79.9. The molecule has 36 heavy (non-hydrogen) atoms. The van der Waals surface area contributed by atoms with E-state index in [-0.39, 0.29) is 17.5 Å². The highest BCUT2D eigenvalue weighted by Crippen LogP contribution is 2.57. The second kappa shape index (κ2) is 9.16. The largest absolute Gasteiger partial charge is 0.433 e. The number of benzene rings is 1. The molecule has 5 rings (SSSR count). The fourth-order valence-corrected chi connectivity index (χ4v) is 7.43. The lowest BCUT2D eigenvalue weighted by atomic mass is 10.1. The number of nitrogen functional groups attached to an aromatic ring is 1. The van der Waals surface area contributed by atoms with Gasteiger partial charge in [-0.05, 0) is 46.2 Å². The van der Waals surface area contributed by atoms with Crippen molar-refractivity contribution in [3.05, 3.63) is 41.4 Å². The van der Waals surface area contributed by atoms with Crippen LogP contribution in [-0.4, -0.2) is 52.8 Å². The van der Waals surface area contributed by atoms with Crippen LogP contribution in [0.3, 0.4) is 0 Å². The number of ether oxygens (including phenoxy) is 1. The van der Waals surface area contributed by atoms with Crippen LogP contribution in [0.15, 0.2) is 41.4 Å². The minimum Gasteiger partial charge on any atom is -0.407 e. The minimum absolute atomic E-state index is 0.0665. The molecule has 1 aromatic carbocycles. The number of halogens is 1. The summed E-state index contributed by atoms with van der Waals surface area (Å²) in [6.45, 7) is 10.8. The summed E-state index contributed by atoms with van der Waals surface area (Å²) >= 11 is 3.53. The van der Waals surface area contributed by atoms with E-state index in [1.54, 1.807) is 16.7 Å². The van der Waals surface area contributed by atoms with Crippen molar-refractivity contribution in [2.75, 3.05) is 17.4 Å². The number of hydrogen-bond donors (Lipinski definition) is 2. The van der Waals surface area contributed by atoms with E-state index in [2.05, 4.69) is 69.8 Å². The third-order valence-corrected chi connectivity index (χ3v) is 13.5. The van der Waals surface area contributed by atoms with E-state index in [9.17, 15) is 4.57 Å². The van der Waals surface area contributed by atoms with Crippen molar-refractivity contribution in [1.82, 2.24) is 19.5 Å². The summed E-state index contributed by atoms with van der Waals surface area (Å²) < 4.78 is 41.1. The van der Waals surface area contributed by atoms with Gasteiger partial charge >= 0.3 is 7.75 Å². The Hall–Kier alpha value is -1.86. The molecule has 2 saturated heterocycles. The van der Waals surface area contributed by atoms with Crippen LogP contribution in [-0.2, 0) is 22.8 Å². The minimum atomic E-state index is -3.70. The van der Waals surface area contributed by atoms with Crippen LogP contribution in [0.4, 0.5) is 11.5 Å². The number of aromatic nitrogens is 4. The molecule has 14 heteroatoms. The maximum absolute atomic E-state index is 13.6. The molecule has 11 nitrogen and oxygen atoms in total. The topological polar surface area (TPSA) is 136 Å². The molecular formula is C22H30BrN6O5PSi. The van der Waals surface area contributed by atoms with Crippen LogP contribution < -0.4 is 10.8 Å².